The molecule has 0 unspecified atom stereocenters. The van der Waals surface area contributed by atoms with Gasteiger partial charge in [-0.15, -0.1) is 0 Å². The van der Waals surface area contributed by atoms with E-state index in [-0.39, 0.29) is 18.1 Å². The normalized spacial score (nSPS) is 11.2. The number of carbonyl (C=O) groups is 1. The molecule has 0 N–H and O–H groups in total. The molecular formula is C20H17FN4O. The fraction of sp³-hybridized carbons (Fsp3) is 0.150. The van der Waals surface area contributed by atoms with Crippen molar-refractivity contribution in [3.63, 3.8) is 0 Å². The highest BCUT2D eigenvalue weighted by molar-refractivity contribution is 5.81. The number of benzene rings is 2. The number of Topliss-reactive ketones (excluding diaryl/α,β-unsaturated/α-hetero) is 1. The van der Waals surface area contributed by atoms with Crippen LogP contribution in [0.5, 0.6) is 0 Å². The average molecular weight is 348 g/mol. The van der Waals surface area contributed by atoms with Gasteiger partial charge in [0, 0.05) is 12.6 Å². The lowest BCUT2D eigenvalue weighted by atomic mass is 10.2. The molecule has 0 amide bonds. The van der Waals surface area contributed by atoms with Crippen molar-refractivity contribution in [1.82, 2.24) is 19.3 Å². The van der Waals surface area contributed by atoms with Gasteiger partial charge in [0.25, 0.3) is 0 Å². The van der Waals surface area contributed by atoms with Crippen molar-refractivity contribution < 1.29 is 9.18 Å². The van der Waals surface area contributed by atoms with E-state index in [1.54, 1.807) is 29.9 Å². The number of nitrogens with zero attached hydrogens (tertiary/aromatic N) is 4. The molecule has 2 heterocycles. The van der Waals surface area contributed by atoms with E-state index in [2.05, 4.69) is 10.1 Å². The van der Waals surface area contributed by atoms with E-state index in [4.69, 9.17) is 0 Å². The number of ketones is 1. The molecular weight excluding hydrogens is 331 g/mol. The molecule has 0 spiro atoms. The number of hydrogen-bond donors (Lipinski definition) is 0. The summed E-state index contributed by atoms with van der Waals surface area (Å²) in [4.78, 5) is 16.4. The van der Waals surface area contributed by atoms with Crippen LogP contribution in [0.4, 0.5) is 4.39 Å². The van der Waals surface area contributed by atoms with E-state index in [1.165, 1.54) is 12.1 Å². The number of imidazole rings is 1. The Balaban J connectivity index is 1.77. The first-order chi connectivity index (χ1) is 12.6. The summed E-state index contributed by atoms with van der Waals surface area (Å²) in [5.74, 6) is 0.528. The highest BCUT2D eigenvalue weighted by Gasteiger charge is 2.15. The molecule has 0 fully saturated rings. The monoisotopic (exact) mass is 348 g/mol. The van der Waals surface area contributed by atoms with Gasteiger partial charge in [-0.25, -0.2) is 14.1 Å². The number of fused-ring (bicyclic) bond motifs is 1. The fourth-order valence-electron chi connectivity index (χ4n) is 3.13. The lowest BCUT2D eigenvalue weighted by Gasteiger charge is -2.10. The Hall–Kier alpha value is -3.28. The topological polar surface area (TPSA) is 52.7 Å². The maximum atomic E-state index is 13.6. The number of para-hydroxylation sites is 2. The van der Waals surface area contributed by atoms with Gasteiger partial charge in [0.1, 0.15) is 17.4 Å². The predicted octanol–water partition coefficient (Wildman–Crippen LogP) is 3.54. The van der Waals surface area contributed by atoms with Crippen LogP contribution in [0.25, 0.3) is 16.7 Å². The highest BCUT2D eigenvalue weighted by atomic mass is 19.1. The van der Waals surface area contributed by atoms with Crippen molar-refractivity contribution in [3.05, 3.63) is 78.1 Å². The molecule has 2 aromatic heterocycles. The zero-order valence-electron chi connectivity index (χ0n) is 14.3. The van der Waals surface area contributed by atoms with Gasteiger partial charge in [0.15, 0.2) is 0 Å². The van der Waals surface area contributed by atoms with E-state index < -0.39 is 0 Å². The predicted molar refractivity (Wildman–Crippen MR) is 96.7 cm³/mol. The first kappa shape index (κ1) is 16.2. The summed E-state index contributed by atoms with van der Waals surface area (Å²) in [7, 11) is 0. The molecule has 5 nitrogen and oxygen atoms in total. The molecule has 6 heteroatoms. The van der Waals surface area contributed by atoms with Gasteiger partial charge in [0.05, 0.1) is 29.0 Å². The second-order valence-electron chi connectivity index (χ2n) is 6.20. The van der Waals surface area contributed by atoms with Crippen LogP contribution in [0.1, 0.15) is 18.4 Å². The maximum Gasteiger partial charge on any atom is 0.149 e. The number of rotatable bonds is 5. The van der Waals surface area contributed by atoms with E-state index in [9.17, 15) is 9.18 Å². The summed E-state index contributed by atoms with van der Waals surface area (Å²) in [5, 5.41) is 4.31. The quantitative estimate of drug-likeness (QED) is 0.554. The fourth-order valence-corrected chi connectivity index (χ4v) is 3.13. The van der Waals surface area contributed by atoms with Gasteiger partial charge >= 0.3 is 0 Å². The van der Waals surface area contributed by atoms with Crippen LogP contribution in [-0.4, -0.2) is 25.1 Å². The van der Waals surface area contributed by atoms with E-state index in [0.29, 0.717) is 12.1 Å². The molecule has 0 aliphatic heterocycles. The van der Waals surface area contributed by atoms with Crippen molar-refractivity contribution in [3.8, 4) is 5.69 Å². The molecule has 4 aromatic rings. The van der Waals surface area contributed by atoms with E-state index >= 15 is 0 Å². The van der Waals surface area contributed by atoms with Gasteiger partial charge < -0.3 is 4.57 Å². The zero-order valence-corrected chi connectivity index (χ0v) is 14.3. The summed E-state index contributed by atoms with van der Waals surface area (Å²) >= 11 is 0. The second kappa shape index (κ2) is 6.55. The Bertz CT molecular complexity index is 1100. The lowest BCUT2D eigenvalue weighted by molar-refractivity contribution is -0.117. The molecule has 0 atom stereocenters. The Morgan fingerprint density at radius 3 is 2.77 bits per heavy atom. The third-order valence-electron chi connectivity index (χ3n) is 4.23. The number of carbonyl (C=O) groups excluding carboxylic acids is 1. The van der Waals surface area contributed by atoms with Crippen LogP contribution in [0.15, 0.2) is 60.8 Å². The van der Waals surface area contributed by atoms with Crippen LogP contribution in [0, 0.1) is 5.82 Å². The smallest absolute Gasteiger partial charge is 0.149 e. The standard InChI is InChI=1S/C20H17FN4O/c1-14(26)13-24-19-8-3-2-7-18(19)23-20(24)12-17-9-10-22-25(17)16-6-4-5-15(21)11-16/h2-11H,12-13H2,1H3. The minimum absolute atomic E-state index is 0.0630. The summed E-state index contributed by atoms with van der Waals surface area (Å²) in [6.45, 7) is 1.83. The second-order valence-corrected chi connectivity index (χ2v) is 6.20. The Morgan fingerprint density at radius 2 is 1.96 bits per heavy atom. The molecule has 4 rings (SSSR count). The van der Waals surface area contributed by atoms with Crippen molar-refractivity contribution in [2.75, 3.05) is 0 Å². The third-order valence-corrected chi connectivity index (χ3v) is 4.23. The van der Waals surface area contributed by atoms with Crippen LogP contribution in [0.2, 0.25) is 0 Å². The Labute approximate surface area is 149 Å². The molecule has 2 aromatic carbocycles. The number of aromatic nitrogens is 4. The van der Waals surface area contributed by atoms with Crippen LogP contribution < -0.4 is 0 Å². The van der Waals surface area contributed by atoms with Crippen molar-refractivity contribution >= 4 is 16.8 Å². The first-order valence-electron chi connectivity index (χ1n) is 8.34. The highest BCUT2D eigenvalue weighted by Crippen LogP contribution is 2.20. The van der Waals surface area contributed by atoms with Crippen LogP contribution >= 0.6 is 0 Å². The van der Waals surface area contributed by atoms with Crippen molar-refractivity contribution in [1.29, 1.82) is 0 Å². The van der Waals surface area contributed by atoms with Gasteiger partial charge in [-0.05, 0) is 43.3 Å². The lowest BCUT2D eigenvalue weighted by Crippen LogP contribution is -2.12. The van der Waals surface area contributed by atoms with Crippen LogP contribution in [-0.2, 0) is 17.8 Å². The summed E-state index contributed by atoms with van der Waals surface area (Å²) in [6, 6.07) is 15.9. The number of hydrogen-bond acceptors (Lipinski definition) is 3. The van der Waals surface area contributed by atoms with Gasteiger partial charge in [-0.2, -0.15) is 5.10 Å². The molecule has 0 saturated heterocycles. The van der Waals surface area contributed by atoms with Crippen LogP contribution in [0.3, 0.4) is 0 Å². The molecule has 0 aliphatic carbocycles. The van der Waals surface area contributed by atoms with Crippen molar-refractivity contribution in [2.24, 2.45) is 0 Å². The zero-order chi connectivity index (χ0) is 18.1. The minimum Gasteiger partial charge on any atom is -0.320 e. The summed E-state index contributed by atoms with van der Waals surface area (Å²) in [5.41, 5.74) is 3.30. The average Bonchev–Trinajstić information content (AvgIpc) is 3.20. The molecule has 0 aliphatic rings. The van der Waals surface area contributed by atoms with Gasteiger partial charge in [-0.3, -0.25) is 4.79 Å². The first-order valence-corrected chi connectivity index (χ1v) is 8.34. The number of halogens is 1. The third kappa shape index (κ3) is 3.01. The molecule has 0 bridgehead atoms. The van der Waals surface area contributed by atoms with Gasteiger partial charge in [0.2, 0.25) is 0 Å². The van der Waals surface area contributed by atoms with Gasteiger partial charge in [-0.1, -0.05) is 18.2 Å². The summed E-state index contributed by atoms with van der Waals surface area (Å²) in [6.07, 6.45) is 2.16. The SMILES string of the molecule is CC(=O)Cn1c(Cc2ccnn2-c2cccc(F)c2)nc2ccccc21. The van der Waals surface area contributed by atoms with E-state index in [1.807, 2.05) is 34.9 Å². The minimum atomic E-state index is -0.312. The van der Waals surface area contributed by atoms with E-state index in [0.717, 1.165) is 22.6 Å². The molecule has 130 valence electrons. The van der Waals surface area contributed by atoms with Crippen molar-refractivity contribution in [2.45, 2.75) is 19.9 Å². The molecule has 0 saturated carbocycles. The largest absolute Gasteiger partial charge is 0.320 e. The Kier molecular flexibility index (Phi) is 4.08. The Morgan fingerprint density at radius 1 is 1.12 bits per heavy atom. The maximum absolute atomic E-state index is 13.6. The molecule has 0 radical (unpaired) electrons. The summed E-state index contributed by atoms with van der Waals surface area (Å²) < 4.78 is 17.2. The molecule has 26 heavy (non-hydrogen) atoms.